The molecule has 0 radical (unpaired) electrons. The number of hydrogen-bond acceptors (Lipinski definition) is 2. The van der Waals surface area contributed by atoms with Crippen molar-refractivity contribution < 1.29 is 4.21 Å². The smallest absolute Gasteiger partial charge is 0.0551 e. The fraction of sp³-hybridized carbons (Fsp3) is 0.625. The lowest BCUT2D eigenvalue weighted by molar-refractivity contribution is 0.363. The van der Waals surface area contributed by atoms with Crippen LogP contribution < -0.4 is 5.32 Å². The molecule has 4 atom stereocenters. The molecule has 19 heavy (non-hydrogen) atoms. The van der Waals surface area contributed by atoms with Crippen LogP contribution in [0.5, 0.6) is 0 Å². The summed E-state index contributed by atoms with van der Waals surface area (Å²) in [4.78, 5) is 0. The lowest BCUT2D eigenvalue weighted by Crippen LogP contribution is -2.43. The van der Waals surface area contributed by atoms with Crippen molar-refractivity contribution in [1.82, 2.24) is 5.32 Å². The van der Waals surface area contributed by atoms with E-state index >= 15 is 0 Å². The van der Waals surface area contributed by atoms with Gasteiger partial charge in [-0.1, -0.05) is 45.0 Å². The zero-order chi connectivity index (χ0) is 13.6. The van der Waals surface area contributed by atoms with E-state index in [4.69, 9.17) is 0 Å². The Kier molecular flexibility index (Phi) is 3.30. The van der Waals surface area contributed by atoms with E-state index in [9.17, 15) is 4.21 Å². The molecule has 1 aromatic rings. The average molecular weight is 277 g/mol. The van der Waals surface area contributed by atoms with Crippen LogP contribution in [-0.4, -0.2) is 21.8 Å². The molecule has 1 aliphatic carbocycles. The molecule has 0 aromatic heterocycles. The zero-order valence-electron chi connectivity index (χ0n) is 12.0. The van der Waals surface area contributed by atoms with Gasteiger partial charge in [0, 0.05) is 22.6 Å². The Morgan fingerprint density at radius 2 is 2.05 bits per heavy atom. The minimum Gasteiger partial charge on any atom is -0.309 e. The molecular weight excluding hydrogens is 254 g/mol. The highest BCUT2D eigenvalue weighted by molar-refractivity contribution is 7.85. The van der Waals surface area contributed by atoms with E-state index in [0.717, 1.165) is 18.7 Å². The molecule has 3 heteroatoms. The maximum Gasteiger partial charge on any atom is 0.0551 e. The van der Waals surface area contributed by atoms with Gasteiger partial charge in [0.25, 0.3) is 0 Å². The Balaban J connectivity index is 2.08. The summed E-state index contributed by atoms with van der Waals surface area (Å²) in [7, 11) is -0.721. The lowest BCUT2D eigenvalue weighted by Gasteiger charge is -2.41. The van der Waals surface area contributed by atoms with Crippen molar-refractivity contribution in [3.8, 4) is 0 Å². The molecule has 1 aromatic carbocycles. The summed E-state index contributed by atoms with van der Waals surface area (Å²) >= 11 is 0. The second kappa shape index (κ2) is 4.71. The maximum atomic E-state index is 12.6. The highest BCUT2D eigenvalue weighted by Crippen LogP contribution is 2.44. The van der Waals surface area contributed by atoms with Crippen LogP contribution in [0.15, 0.2) is 24.3 Å². The fourth-order valence-electron chi connectivity index (χ4n) is 3.59. The summed E-state index contributed by atoms with van der Waals surface area (Å²) in [6, 6.07) is 8.96. The number of fused-ring (bicyclic) bond motifs is 3. The fourth-order valence-corrected chi connectivity index (χ4v) is 5.67. The van der Waals surface area contributed by atoms with Gasteiger partial charge in [0.15, 0.2) is 0 Å². The van der Waals surface area contributed by atoms with Crippen LogP contribution in [-0.2, 0) is 16.2 Å². The van der Waals surface area contributed by atoms with Crippen LogP contribution in [0.25, 0.3) is 0 Å². The van der Waals surface area contributed by atoms with Gasteiger partial charge in [0.1, 0.15) is 0 Å². The second-order valence-electron chi connectivity index (χ2n) is 6.75. The first-order valence-corrected chi connectivity index (χ1v) is 8.57. The Morgan fingerprint density at radius 3 is 2.84 bits per heavy atom. The van der Waals surface area contributed by atoms with Gasteiger partial charge in [-0.15, -0.1) is 0 Å². The van der Waals surface area contributed by atoms with Gasteiger partial charge in [-0.25, -0.2) is 0 Å². The third kappa shape index (κ3) is 2.27. The molecule has 2 nitrogen and oxygen atoms in total. The minimum absolute atomic E-state index is 0.128. The largest absolute Gasteiger partial charge is 0.309 e. The van der Waals surface area contributed by atoms with E-state index < -0.39 is 10.8 Å². The topological polar surface area (TPSA) is 29.1 Å². The first kappa shape index (κ1) is 13.3. The average Bonchev–Trinajstić information content (AvgIpc) is 2.49. The SMILES string of the molecule is CC1CNC2c3ccccc3C(C)(C)CC2S(=O)C1. The van der Waals surface area contributed by atoms with Gasteiger partial charge in [-0.3, -0.25) is 4.21 Å². The molecule has 0 amide bonds. The first-order valence-electron chi connectivity index (χ1n) is 7.19. The van der Waals surface area contributed by atoms with Crippen molar-refractivity contribution in [1.29, 1.82) is 0 Å². The monoisotopic (exact) mass is 277 g/mol. The van der Waals surface area contributed by atoms with Crippen molar-refractivity contribution >= 4 is 10.8 Å². The summed E-state index contributed by atoms with van der Waals surface area (Å²) < 4.78 is 12.6. The summed E-state index contributed by atoms with van der Waals surface area (Å²) in [5, 5.41) is 3.92. The van der Waals surface area contributed by atoms with Crippen LogP contribution in [0.4, 0.5) is 0 Å². The van der Waals surface area contributed by atoms with E-state index in [1.165, 1.54) is 11.1 Å². The van der Waals surface area contributed by atoms with E-state index in [0.29, 0.717) is 5.92 Å². The number of benzene rings is 1. The third-order valence-corrected chi connectivity index (χ3v) is 6.59. The number of hydrogen-bond donors (Lipinski definition) is 1. The summed E-state index contributed by atoms with van der Waals surface area (Å²) in [6.45, 7) is 7.74. The molecule has 2 aliphatic rings. The molecule has 4 unspecified atom stereocenters. The summed E-state index contributed by atoms with van der Waals surface area (Å²) in [5.74, 6) is 1.34. The normalized spacial score (nSPS) is 37.0. The van der Waals surface area contributed by atoms with Crippen LogP contribution in [0.2, 0.25) is 0 Å². The van der Waals surface area contributed by atoms with Gasteiger partial charge in [0.05, 0.1) is 5.25 Å². The van der Waals surface area contributed by atoms with Gasteiger partial charge < -0.3 is 5.32 Å². The third-order valence-electron chi connectivity index (χ3n) is 4.58. The van der Waals surface area contributed by atoms with Gasteiger partial charge in [-0.2, -0.15) is 0 Å². The molecule has 3 rings (SSSR count). The van der Waals surface area contributed by atoms with Crippen molar-refractivity contribution in [3.63, 3.8) is 0 Å². The molecule has 1 aliphatic heterocycles. The first-order chi connectivity index (χ1) is 8.99. The molecule has 1 saturated heterocycles. The van der Waals surface area contributed by atoms with E-state index in [-0.39, 0.29) is 16.7 Å². The summed E-state index contributed by atoms with van der Waals surface area (Å²) in [6.07, 6.45) is 1.01. The highest BCUT2D eigenvalue weighted by atomic mass is 32.2. The molecule has 104 valence electrons. The second-order valence-corrected chi connectivity index (χ2v) is 8.45. The van der Waals surface area contributed by atoms with Crippen molar-refractivity contribution in [3.05, 3.63) is 35.4 Å². The van der Waals surface area contributed by atoms with Gasteiger partial charge >= 0.3 is 0 Å². The number of nitrogens with one attached hydrogen (secondary N) is 1. The quantitative estimate of drug-likeness (QED) is 0.790. The van der Waals surface area contributed by atoms with Crippen LogP contribution in [0, 0.1) is 5.92 Å². The Hall–Kier alpha value is -0.670. The molecular formula is C16H23NOS. The van der Waals surface area contributed by atoms with E-state index in [1.807, 2.05) is 0 Å². The summed E-state index contributed by atoms with van der Waals surface area (Å²) in [5.41, 5.74) is 2.92. The van der Waals surface area contributed by atoms with Gasteiger partial charge in [-0.05, 0) is 35.4 Å². The zero-order valence-corrected chi connectivity index (χ0v) is 12.8. The van der Waals surface area contributed by atoms with Gasteiger partial charge in [0.2, 0.25) is 0 Å². The van der Waals surface area contributed by atoms with Crippen LogP contribution in [0.1, 0.15) is 44.4 Å². The lowest BCUT2D eigenvalue weighted by atomic mass is 9.70. The van der Waals surface area contributed by atoms with Crippen LogP contribution >= 0.6 is 0 Å². The molecule has 1 N–H and O–H groups in total. The molecule has 1 heterocycles. The Bertz CT molecular complexity index is 511. The van der Waals surface area contributed by atoms with E-state index in [1.54, 1.807) is 0 Å². The standard InChI is InChI=1S/C16H23NOS/c1-11-9-17-15-12-6-4-5-7-13(12)16(2,3)8-14(15)19(18)10-11/h4-7,11,14-15,17H,8-10H2,1-3H3. The highest BCUT2D eigenvalue weighted by Gasteiger charge is 2.43. The molecule has 0 saturated carbocycles. The van der Waals surface area contributed by atoms with Crippen molar-refractivity contribution in [2.75, 3.05) is 12.3 Å². The predicted molar refractivity (Wildman–Crippen MR) is 80.8 cm³/mol. The van der Waals surface area contributed by atoms with Crippen LogP contribution in [0.3, 0.4) is 0 Å². The van der Waals surface area contributed by atoms with Crippen molar-refractivity contribution in [2.45, 2.75) is 43.9 Å². The Morgan fingerprint density at radius 1 is 1.32 bits per heavy atom. The molecule has 0 bridgehead atoms. The van der Waals surface area contributed by atoms with Crippen molar-refractivity contribution in [2.24, 2.45) is 5.92 Å². The predicted octanol–water partition coefficient (Wildman–Crippen LogP) is 2.77. The maximum absolute atomic E-state index is 12.6. The van der Waals surface area contributed by atoms with E-state index in [2.05, 4.69) is 50.4 Å². The minimum atomic E-state index is -0.721. The molecule has 0 spiro atoms. The number of rotatable bonds is 0. The molecule has 1 fully saturated rings. The Labute approximate surface area is 118 Å².